The van der Waals surface area contributed by atoms with Crippen molar-refractivity contribution in [3.63, 3.8) is 0 Å². The molecule has 0 unspecified atom stereocenters. The van der Waals surface area contributed by atoms with Crippen molar-refractivity contribution in [3.05, 3.63) is 35.2 Å². The summed E-state index contributed by atoms with van der Waals surface area (Å²) in [5.74, 6) is 0. The van der Waals surface area contributed by atoms with Gasteiger partial charge in [0.25, 0.3) is 0 Å². The van der Waals surface area contributed by atoms with Crippen LogP contribution >= 0.6 is 34.3 Å². The van der Waals surface area contributed by atoms with Crippen molar-refractivity contribution in [1.29, 1.82) is 5.53 Å². The first-order valence-corrected chi connectivity index (χ1v) is 5.58. The number of hydrogen-bond acceptors (Lipinski definition) is 4. The molecule has 68 valence electrons. The first-order chi connectivity index (χ1) is 6.31. The Morgan fingerprint density at radius 2 is 2.08 bits per heavy atom. The molecule has 0 aliphatic rings. The van der Waals surface area contributed by atoms with E-state index in [-0.39, 0.29) is 0 Å². The van der Waals surface area contributed by atoms with Crippen LogP contribution in [0.5, 0.6) is 0 Å². The summed E-state index contributed by atoms with van der Waals surface area (Å²) in [6.45, 7) is 0. The number of hydrogen-bond donors (Lipinski definition) is 2. The van der Waals surface area contributed by atoms with E-state index in [0.717, 1.165) is 21.4 Å². The molecule has 1 N–H and O–H groups in total. The number of benzene rings is 1. The lowest BCUT2D eigenvalue weighted by Gasteiger charge is -1.99. The van der Waals surface area contributed by atoms with Crippen LogP contribution in [0.4, 0.5) is 0 Å². The minimum absolute atomic E-state index is 0.537. The molecule has 5 heteroatoms. The van der Waals surface area contributed by atoms with Gasteiger partial charge in [0.05, 0.1) is 5.70 Å². The van der Waals surface area contributed by atoms with Crippen LogP contribution < -0.4 is 0 Å². The van der Waals surface area contributed by atoms with Gasteiger partial charge in [-0.25, -0.2) is 5.53 Å². The molecule has 1 aromatic rings. The van der Waals surface area contributed by atoms with Crippen molar-refractivity contribution in [2.24, 2.45) is 5.11 Å². The molecule has 13 heavy (non-hydrogen) atoms. The Labute approximate surface area is 90.8 Å². The van der Waals surface area contributed by atoms with E-state index in [1.165, 1.54) is 5.41 Å². The lowest BCUT2D eigenvalue weighted by atomic mass is 10.2. The minimum Gasteiger partial charge on any atom is -0.204 e. The summed E-state index contributed by atoms with van der Waals surface area (Å²) >= 11 is 3.95. The van der Waals surface area contributed by atoms with Crippen molar-refractivity contribution in [1.82, 2.24) is 0 Å². The van der Waals surface area contributed by atoms with Crippen LogP contribution in [0.25, 0.3) is 5.70 Å². The largest absolute Gasteiger partial charge is 0.204 e. The Bertz CT molecular complexity index is 321. The summed E-state index contributed by atoms with van der Waals surface area (Å²) in [7, 11) is 6.71. The first kappa shape index (κ1) is 10.6. The SMILES string of the molecule is N=N/C(=C\S)c1ccc(SCl)cc1. The maximum Gasteiger partial charge on any atom is 0.0982 e. The molecule has 2 nitrogen and oxygen atoms in total. The van der Waals surface area contributed by atoms with E-state index in [4.69, 9.17) is 16.2 Å². The molecular weight excluding hydrogens is 224 g/mol. The number of thiol groups is 1. The average molecular weight is 231 g/mol. The molecule has 0 saturated carbocycles. The zero-order valence-corrected chi connectivity index (χ0v) is 9.03. The Kier molecular flexibility index (Phi) is 4.35. The van der Waals surface area contributed by atoms with Crippen molar-refractivity contribution >= 4 is 40.0 Å². The molecule has 1 aromatic carbocycles. The lowest BCUT2D eigenvalue weighted by Crippen LogP contribution is -1.78. The van der Waals surface area contributed by atoms with E-state index < -0.39 is 0 Å². The molecule has 0 fully saturated rings. The van der Waals surface area contributed by atoms with E-state index in [0.29, 0.717) is 5.70 Å². The summed E-state index contributed by atoms with van der Waals surface area (Å²) in [4.78, 5) is 0.967. The predicted molar refractivity (Wildman–Crippen MR) is 60.3 cm³/mol. The van der Waals surface area contributed by atoms with Gasteiger partial charge in [0, 0.05) is 10.5 Å². The van der Waals surface area contributed by atoms with Crippen LogP contribution in [-0.2, 0) is 0 Å². The number of halogens is 1. The third kappa shape index (κ3) is 2.76. The van der Waals surface area contributed by atoms with Gasteiger partial charge in [-0.2, -0.15) is 5.11 Å². The maximum atomic E-state index is 6.87. The molecule has 1 rings (SSSR count). The molecule has 0 bridgehead atoms. The second kappa shape index (κ2) is 5.32. The van der Waals surface area contributed by atoms with Crippen LogP contribution in [-0.4, -0.2) is 0 Å². The summed E-state index contributed by atoms with van der Waals surface area (Å²) in [5.41, 5.74) is 8.27. The van der Waals surface area contributed by atoms with Crippen molar-refractivity contribution in [3.8, 4) is 0 Å². The van der Waals surface area contributed by atoms with Gasteiger partial charge in [-0.15, -0.1) is 12.6 Å². The quantitative estimate of drug-likeness (QED) is 0.593. The second-order valence-electron chi connectivity index (χ2n) is 2.23. The Morgan fingerprint density at radius 1 is 1.46 bits per heavy atom. The van der Waals surface area contributed by atoms with Crippen molar-refractivity contribution in [2.75, 3.05) is 0 Å². The Hall–Kier alpha value is -0.450. The zero-order valence-electron chi connectivity index (χ0n) is 6.57. The molecule has 0 amide bonds. The fourth-order valence-electron chi connectivity index (χ4n) is 0.845. The third-order valence-electron chi connectivity index (χ3n) is 1.48. The first-order valence-electron chi connectivity index (χ1n) is 3.42. The van der Waals surface area contributed by atoms with Gasteiger partial charge in [0.15, 0.2) is 0 Å². The zero-order chi connectivity index (χ0) is 9.68. The summed E-state index contributed by atoms with van der Waals surface area (Å²) in [6, 6.07) is 7.44. The van der Waals surface area contributed by atoms with E-state index >= 15 is 0 Å². The van der Waals surface area contributed by atoms with Crippen LogP contribution in [0.3, 0.4) is 0 Å². The number of rotatable bonds is 3. The highest BCUT2D eigenvalue weighted by Gasteiger charge is 1.98. The molecule has 0 radical (unpaired) electrons. The Balaban J connectivity index is 2.97. The molecule has 0 aliphatic heterocycles. The predicted octanol–water partition coefficient (Wildman–Crippen LogP) is 4.19. The lowest BCUT2D eigenvalue weighted by molar-refractivity contribution is 1.16. The van der Waals surface area contributed by atoms with Gasteiger partial charge in [-0.05, 0) is 39.2 Å². The smallest absolute Gasteiger partial charge is 0.0982 e. The van der Waals surface area contributed by atoms with E-state index in [2.05, 4.69) is 17.7 Å². The van der Waals surface area contributed by atoms with E-state index in [9.17, 15) is 0 Å². The van der Waals surface area contributed by atoms with Gasteiger partial charge in [0.1, 0.15) is 0 Å². The summed E-state index contributed by atoms with van der Waals surface area (Å²) in [5, 5.41) is 4.82. The highest BCUT2D eigenvalue weighted by atomic mass is 35.7. The van der Waals surface area contributed by atoms with Gasteiger partial charge in [-0.3, -0.25) is 0 Å². The third-order valence-corrected chi connectivity index (χ3v) is 2.71. The fraction of sp³-hybridized carbons (Fsp3) is 0. The summed E-state index contributed by atoms with van der Waals surface area (Å²) < 4.78 is 0. The molecule has 0 saturated heterocycles. The fourth-order valence-corrected chi connectivity index (χ4v) is 1.60. The summed E-state index contributed by atoms with van der Waals surface area (Å²) in [6.07, 6.45) is 0. The second-order valence-corrected chi connectivity index (χ2v) is 3.57. The minimum atomic E-state index is 0.537. The monoisotopic (exact) mass is 230 g/mol. The van der Waals surface area contributed by atoms with Crippen LogP contribution in [0, 0.1) is 5.53 Å². The van der Waals surface area contributed by atoms with Gasteiger partial charge < -0.3 is 0 Å². The normalized spacial score (nSPS) is 11.4. The number of nitrogens with one attached hydrogen (secondary N) is 1. The molecule has 0 aromatic heterocycles. The average Bonchev–Trinajstić information content (AvgIpc) is 2.21. The van der Waals surface area contributed by atoms with Crippen LogP contribution in [0.15, 0.2) is 39.7 Å². The van der Waals surface area contributed by atoms with Crippen molar-refractivity contribution < 1.29 is 0 Å². The molecule has 0 atom stereocenters. The molecule has 0 aliphatic carbocycles. The van der Waals surface area contributed by atoms with Gasteiger partial charge >= 0.3 is 0 Å². The topological polar surface area (TPSA) is 36.2 Å². The van der Waals surface area contributed by atoms with E-state index in [1.807, 2.05) is 24.3 Å². The standard InChI is InChI=1S/C8H7ClN2S2/c9-13-7-3-1-6(2-4-7)8(5-12)11-10/h1-5,10,12H/b8-5-,11-10?. The highest BCUT2D eigenvalue weighted by molar-refractivity contribution is 8.21. The molecular formula is C8H7ClN2S2. The van der Waals surface area contributed by atoms with Gasteiger partial charge in [0.2, 0.25) is 0 Å². The van der Waals surface area contributed by atoms with Gasteiger partial charge in [-0.1, -0.05) is 12.1 Å². The van der Waals surface area contributed by atoms with Crippen LogP contribution in [0.2, 0.25) is 0 Å². The highest BCUT2D eigenvalue weighted by Crippen LogP contribution is 2.24. The Morgan fingerprint density at radius 3 is 2.46 bits per heavy atom. The number of nitrogens with zero attached hydrogens (tertiary/aromatic N) is 1. The molecule has 0 spiro atoms. The molecule has 0 heterocycles. The van der Waals surface area contributed by atoms with E-state index in [1.54, 1.807) is 0 Å². The van der Waals surface area contributed by atoms with Crippen molar-refractivity contribution in [2.45, 2.75) is 4.90 Å². The maximum absolute atomic E-state index is 6.87. The van der Waals surface area contributed by atoms with Crippen LogP contribution in [0.1, 0.15) is 5.56 Å².